The lowest BCUT2D eigenvalue weighted by atomic mass is 9.91. The SMILES string of the molecule is O=C1NC(=S)S/C1=C\c1c2ccccc2c(C(F)(F)F)c2ccccc12. The average molecular weight is 389 g/mol. The van der Waals surface area contributed by atoms with Crippen molar-refractivity contribution in [3.05, 3.63) is 64.6 Å². The van der Waals surface area contributed by atoms with Crippen LogP contribution in [0.4, 0.5) is 13.2 Å². The maximum absolute atomic E-state index is 13.8. The first-order chi connectivity index (χ1) is 12.4. The van der Waals surface area contributed by atoms with Gasteiger partial charge >= 0.3 is 6.18 Å². The van der Waals surface area contributed by atoms with Crippen molar-refractivity contribution in [2.45, 2.75) is 6.18 Å². The summed E-state index contributed by atoms with van der Waals surface area (Å²) in [6.07, 6.45) is -2.88. The molecule has 26 heavy (non-hydrogen) atoms. The van der Waals surface area contributed by atoms with Gasteiger partial charge in [0.1, 0.15) is 4.32 Å². The van der Waals surface area contributed by atoms with Crippen LogP contribution in [0.15, 0.2) is 53.4 Å². The fraction of sp³-hybridized carbons (Fsp3) is 0.0526. The third-order valence-corrected chi connectivity index (χ3v) is 5.34. The highest BCUT2D eigenvalue weighted by Gasteiger charge is 2.35. The minimum atomic E-state index is -4.49. The molecule has 7 heteroatoms. The fourth-order valence-electron chi connectivity index (χ4n) is 3.18. The number of halogens is 3. The van der Waals surface area contributed by atoms with Gasteiger partial charge in [0.25, 0.3) is 5.91 Å². The highest BCUT2D eigenvalue weighted by Crippen LogP contribution is 2.43. The average Bonchev–Trinajstić information content (AvgIpc) is 2.90. The molecule has 0 aliphatic carbocycles. The summed E-state index contributed by atoms with van der Waals surface area (Å²) in [6.45, 7) is 0. The van der Waals surface area contributed by atoms with Gasteiger partial charge in [0.2, 0.25) is 0 Å². The number of thioether (sulfide) groups is 1. The smallest absolute Gasteiger partial charge is 0.307 e. The predicted octanol–water partition coefficient (Wildman–Crippen LogP) is 5.50. The van der Waals surface area contributed by atoms with Gasteiger partial charge < -0.3 is 5.32 Å². The van der Waals surface area contributed by atoms with E-state index in [1.165, 1.54) is 12.1 Å². The molecule has 0 aromatic heterocycles. The Kier molecular flexibility index (Phi) is 4.00. The zero-order chi connectivity index (χ0) is 18.5. The van der Waals surface area contributed by atoms with Crippen molar-refractivity contribution in [1.29, 1.82) is 0 Å². The van der Waals surface area contributed by atoms with Gasteiger partial charge in [-0.2, -0.15) is 13.2 Å². The van der Waals surface area contributed by atoms with Crippen LogP contribution in [0.3, 0.4) is 0 Å². The van der Waals surface area contributed by atoms with Gasteiger partial charge in [-0.1, -0.05) is 72.5 Å². The number of carbonyl (C=O) groups is 1. The Balaban J connectivity index is 2.15. The molecule has 3 aromatic carbocycles. The molecule has 1 aliphatic rings. The first-order valence-corrected chi connectivity index (χ1v) is 8.84. The number of hydrogen-bond donors (Lipinski definition) is 1. The second-order valence-corrected chi connectivity index (χ2v) is 7.45. The third-order valence-electron chi connectivity index (χ3n) is 4.17. The number of hydrogen-bond acceptors (Lipinski definition) is 3. The molecule has 130 valence electrons. The van der Waals surface area contributed by atoms with Gasteiger partial charge in [0, 0.05) is 0 Å². The first kappa shape index (κ1) is 17.1. The predicted molar refractivity (Wildman–Crippen MR) is 103 cm³/mol. The number of fused-ring (bicyclic) bond motifs is 2. The highest BCUT2D eigenvalue weighted by atomic mass is 32.2. The lowest BCUT2D eigenvalue weighted by Crippen LogP contribution is -2.17. The highest BCUT2D eigenvalue weighted by molar-refractivity contribution is 8.26. The van der Waals surface area contributed by atoms with Crippen LogP contribution < -0.4 is 5.32 Å². The van der Waals surface area contributed by atoms with Crippen LogP contribution in [-0.4, -0.2) is 10.2 Å². The van der Waals surface area contributed by atoms with E-state index < -0.39 is 11.7 Å². The standard InChI is InChI=1S/C19H10F3NOS2/c20-19(21,22)16-12-7-3-1-5-10(12)14(11-6-2-4-8-13(11)16)9-15-17(24)23-18(25)26-15/h1-9H,(H,23,24,25)/b15-9-. The number of amides is 1. The molecule has 1 saturated heterocycles. The summed E-state index contributed by atoms with van der Waals surface area (Å²) < 4.78 is 41.7. The quantitative estimate of drug-likeness (QED) is 0.338. The summed E-state index contributed by atoms with van der Waals surface area (Å²) in [5, 5.41) is 3.63. The summed E-state index contributed by atoms with van der Waals surface area (Å²) in [4.78, 5) is 12.4. The van der Waals surface area contributed by atoms with Gasteiger partial charge in [0.05, 0.1) is 10.5 Å². The molecule has 0 radical (unpaired) electrons. The molecule has 3 aromatic rings. The molecule has 4 rings (SSSR count). The Labute approximate surface area is 156 Å². The maximum atomic E-state index is 13.8. The number of rotatable bonds is 1. The number of alkyl halides is 3. The summed E-state index contributed by atoms with van der Waals surface area (Å²) in [5.41, 5.74) is -0.0866. The van der Waals surface area contributed by atoms with Crippen LogP contribution in [0.25, 0.3) is 27.6 Å². The second-order valence-electron chi connectivity index (χ2n) is 5.73. The Bertz CT molecular complexity index is 1060. The van der Waals surface area contributed by atoms with E-state index in [1.54, 1.807) is 42.5 Å². The monoisotopic (exact) mass is 389 g/mol. The Hall–Kier alpha value is -2.38. The molecule has 0 saturated carbocycles. The number of thiocarbonyl (C=S) groups is 1. The number of nitrogens with one attached hydrogen (secondary N) is 1. The van der Waals surface area contributed by atoms with E-state index in [9.17, 15) is 18.0 Å². The largest absolute Gasteiger partial charge is 0.417 e. The van der Waals surface area contributed by atoms with Crippen LogP contribution in [0, 0.1) is 0 Å². The minimum Gasteiger partial charge on any atom is -0.307 e. The van der Waals surface area contributed by atoms with E-state index >= 15 is 0 Å². The minimum absolute atomic E-state index is 0.108. The van der Waals surface area contributed by atoms with Crippen molar-refractivity contribution in [1.82, 2.24) is 5.32 Å². The summed E-state index contributed by atoms with van der Waals surface area (Å²) >= 11 is 6.10. The van der Waals surface area contributed by atoms with Crippen LogP contribution in [0.5, 0.6) is 0 Å². The lowest BCUT2D eigenvalue weighted by Gasteiger charge is -2.17. The van der Waals surface area contributed by atoms with E-state index in [-0.39, 0.29) is 16.7 Å². The number of benzene rings is 3. The summed E-state index contributed by atoms with van der Waals surface area (Å²) in [7, 11) is 0. The molecule has 2 nitrogen and oxygen atoms in total. The van der Waals surface area contributed by atoms with Crippen LogP contribution in [0.1, 0.15) is 11.1 Å². The van der Waals surface area contributed by atoms with Crippen molar-refractivity contribution < 1.29 is 18.0 Å². The topological polar surface area (TPSA) is 29.1 Å². The zero-order valence-electron chi connectivity index (χ0n) is 13.1. The lowest BCUT2D eigenvalue weighted by molar-refractivity contribution is -0.135. The van der Waals surface area contributed by atoms with Crippen molar-refractivity contribution in [2.24, 2.45) is 0 Å². The molecule has 1 aliphatic heterocycles. The van der Waals surface area contributed by atoms with Crippen LogP contribution in [-0.2, 0) is 11.0 Å². The molecule has 1 fully saturated rings. The van der Waals surface area contributed by atoms with Gasteiger partial charge in [-0.25, -0.2) is 0 Å². The van der Waals surface area contributed by atoms with Crippen LogP contribution >= 0.6 is 24.0 Å². The van der Waals surface area contributed by atoms with E-state index in [1.807, 2.05) is 0 Å². The van der Waals surface area contributed by atoms with E-state index in [2.05, 4.69) is 5.32 Å². The van der Waals surface area contributed by atoms with E-state index in [0.717, 1.165) is 11.8 Å². The zero-order valence-corrected chi connectivity index (χ0v) is 14.7. The first-order valence-electron chi connectivity index (χ1n) is 7.62. The third kappa shape index (κ3) is 2.77. The van der Waals surface area contributed by atoms with E-state index in [0.29, 0.717) is 25.6 Å². The molecule has 0 unspecified atom stereocenters. The van der Waals surface area contributed by atoms with Crippen molar-refractivity contribution in [3.63, 3.8) is 0 Å². The van der Waals surface area contributed by atoms with Gasteiger partial charge in [-0.05, 0) is 33.2 Å². The molecular formula is C19H10F3NOS2. The van der Waals surface area contributed by atoms with Crippen molar-refractivity contribution >= 4 is 61.8 Å². The molecule has 1 amide bonds. The fourth-order valence-corrected chi connectivity index (χ4v) is 4.20. The van der Waals surface area contributed by atoms with Gasteiger partial charge in [-0.15, -0.1) is 0 Å². The maximum Gasteiger partial charge on any atom is 0.417 e. The van der Waals surface area contributed by atoms with Crippen LogP contribution in [0.2, 0.25) is 0 Å². The second kappa shape index (κ2) is 6.10. The molecule has 0 bridgehead atoms. The Morgan fingerprint density at radius 3 is 1.85 bits per heavy atom. The Morgan fingerprint density at radius 1 is 0.923 bits per heavy atom. The van der Waals surface area contributed by atoms with Crippen molar-refractivity contribution in [2.75, 3.05) is 0 Å². The van der Waals surface area contributed by atoms with Crippen molar-refractivity contribution in [3.8, 4) is 0 Å². The van der Waals surface area contributed by atoms with Gasteiger partial charge in [-0.3, -0.25) is 4.79 Å². The molecule has 0 atom stereocenters. The summed E-state index contributed by atoms with van der Waals surface area (Å²) in [6, 6.07) is 12.7. The molecule has 1 heterocycles. The number of carbonyl (C=O) groups excluding carboxylic acids is 1. The summed E-state index contributed by atoms with van der Waals surface area (Å²) in [5.74, 6) is -0.340. The van der Waals surface area contributed by atoms with E-state index in [4.69, 9.17) is 12.2 Å². The Morgan fingerprint density at radius 2 is 1.42 bits per heavy atom. The molecule has 0 spiro atoms. The molecular weight excluding hydrogens is 379 g/mol. The normalized spacial score (nSPS) is 16.7. The van der Waals surface area contributed by atoms with Gasteiger partial charge in [0.15, 0.2) is 0 Å². The molecule has 1 N–H and O–H groups in total.